The average Bonchev–Trinajstić information content (AvgIpc) is 2.97. The second-order valence-corrected chi connectivity index (χ2v) is 5.29. The summed E-state index contributed by atoms with van der Waals surface area (Å²) in [6.07, 6.45) is 3.49. The summed E-state index contributed by atoms with van der Waals surface area (Å²) in [7, 11) is 0. The number of carbonyl (C=O) groups is 1. The molecule has 0 bridgehead atoms. The summed E-state index contributed by atoms with van der Waals surface area (Å²) in [5, 5.41) is 6.25. The van der Waals surface area contributed by atoms with Gasteiger partial charge in [0.25, 0.3) is 5.56 Å². The summed E-state index contributed by atoms with van der Waals surface area (Å²) in [6.45, 7) is 5.07. The van der Waals surface area contributed by atoms with Crippen LogP contribution < -0.4 is 16.2 Å². The highest BCUT2D eigenvalue weighted by Gasteiger charge is 2.16. The second-order valence-electron chi connectivity index (χ2n) is 5.29. The lowest BCUT2D eigenvalue weighted by molar-refractivity contribution is -0.115. The molecule has 3 rings (SSSR count). The summed E-state index contributed by atoms with van der Waals surface area (Å²) >= 11 is 0. The predicted molar refractivity (Wildman–Crippen MR) is 86.0 cm³/mol. The van der Waals surface area contributed by atoms with Crippen LogP contribution >= 0.6 is 0 Å². The van der Waals surface area contributed by atoms with Crippen LogP contribution in [0.25, 0.3) is 10.9 Å². The van der Waals surface area contributed by atoms with Crippen LogP contribution in [0.4, 0.5) is 5.69 Å². The molecule has 0 radical (unpaired) electrons. The maximum absolute atomic E-state index is 12.5. The molecule has 114 valence electrons. The van der Waals surface area contributed by atoms with Gasteiger partial charge in [0.15, 0.2) is 0 Å². The van der Waals surface area contributed by atoms with Crippen LogP contribution in [0.15, 0.2) is 35.6 Å². The number of nitrogens with one attached hydrogen (secondary N) is 2. The summed E-state index contributed by atoms with van der Waals surface area (Å²) in [4.78, 5) is 28.8. The zero-order valence-electron chi connectivity index (χ0n) is 12.3. The van der Waals surface area contributed by atoms with E-state index in [0.717, 1.165) is 25.2 Å². The van der Waals surface area contributed by atoms with Crippen LogP contribution in [0.2, 0.25) is 0 Å². The smallest absolute Gasteiger partial charge is 0.261 e. The molecule has 0 atom stereocenters. The van der Waals surface area contributed by atoms with Gasteiger partial charge in [-0.05, 0) is 24.6 Å². The van der Waals surface area contributed by atoms with Crippen molar-refractivity contribution in [1.29, 1.82) is 0 Å². The Kier molecular flexibility index (Phi) is 4.02. The Bertz CT molecular complexity index is 795. The van der Waals surface area contributed by atoms with E-state index >= 15 is 0 Å². The normalized spacial score (nSPS) is 13.1. The van der Waals surface area contributed by atoms with Gasteiger partial charge in [0, 0.05) is 25.2 Å². The molecule has 1 aliphatic rings. The van der Waals surface area contributed by atoms with Gasteiger partial charge in [-0.15, -0.1) is 6.58 Å². The van der Waals surface area contributed by atoms with E-state index in [1.165, 1.54) is 0 Å². The van der Waals surface area contributed by atoms with Crippen molar-refractivity contribution in [3.63, 3.8) is 0 Å². The molecule has 1 aromatic carbocycles. The Labute approximate surface area is 127 Å². The van der Waals surface area contributed by atoms with Crippen LogP contribution in [0.1, 0.15) is 12.2 Å². The third-order valence-corrected chi connectivity index (χ3v) is 3.67. The van der Waals surface area contributed by atoms with Crippen molar-refractivity contribution in [2.24, 2.45) is 0 Å². The lowest BCUT2D eigenvalue weighted by atomic mass is 10.2. The van der Waals surface area contributed by atoms with Gasteiger partial charge in [0.1, 0.15) is 5.82 Å². The fraction of sp³-hybridized carbons (Fsp3) is 0.312. The van der Waals surface area contributed by atoms with Crippen molar-refractivity contribution in [2.75, 3.05) is 18.4 Å². The predicted octanol–water partition coefficient (Wildman–Crippen LogP) is 1.06. The van der Waals surface area contributed by atoms with Crippen LogP contribution in [-0.4, -0.2) is 28.5 Å². The molecule has 2 N–H and O–H groups in total. The number of amides is 1. The van der Waals surface area contributed by atoms with E-state index in [-0.39, 0.29) is 18.0 Å². The summed E-state index contributed by atoms with van der Waals surface area (Å²) in [5.41, 5.74) is 1.26. The molecule has 0 saturated carbocycles. The molecule has 2 aromatic rings. The summed E-state index contributed by atoms with van der Waals surface area (Å²) < 4.78 is 1.72. The van der Waals surface area contributed by atoms with E-state index in [0.29, 0.717) is 23.1 Å². The standard InChI is InChI=1S/C16H18N4O2/c1-2-7-17-10-15(21)18-11-5-6-13-12(9-11)16(22)20-8-3-4-14(20)19-13/h2,5-6,9,17H,1,3-4,7-8,10H2,(H,18,21). The molecule has 6 nitrogen and oxygen atoms in total. The van der Waals surface area contributed by atoms with Gasteiger partial charge in [-0.1, -0.05) is 6.08 Å². The molecule has 2 heterocycles. The van der Waals surface area contributed by atoms with E-state index in [1.54, 1.807) is 28.8 Å². The first-order valence-corrected chi connectivity index (χ1v) is 7.34. The molecule has 0 aliphatic carbocycles. The number of anilines is 1. The maximum Gasteiger partial charge on any atom is 0.261 e. The Balaban J connectivity index is 1.85. The Morgan fingerprint density at radius 3 is 3.14 bits per heavy atom. The first kappa shape index (κ1) is 14.5. The number of aryl methyl sites for hydroxylation is 1. The van der Waals surface area contributed by atoms with Crippen LogP contribution in [0, 0.1) is 0 Å². The topological polar surface area (TPSA) is 76.0 Å². The maximum atomic E-state index is 12.5. The number of hydrogen-bond acceptors (Lipinski definition) is 4. The van der Waals surface area contributed by atoms with Crippen LogP contribution in [0.3, 0.4) is 0 Å². The van der Waals surface area contributed by atoms with E-state index in [1.807, 2.05) is 0 Å². The first-order valence-electron chi connectivity index (χ1n) is 7.34. The second kappa shape index (κ2) is 6.11. The van der Waals surface area contributed by atoms with E-state index in [9.17, 15) is 9.59 Å². The lowest BCUT2D eigenvalue weighted by Crippen LogP contribution is -2.28. The van der Waals surface area contributed by atoms with E-state index < -0.39 is 0 Å². The Hall–Kier alpha value is -2.47. The Morgan fingerprint density at radius 2 is 2.32 bits per heavy atom. The van der Waals surface area contributed by atoms with Crippen LogP contribution in [-0.2, 0) is 17.8 Å². The molecule has 1 aromatic heterocycles. The molecule has 1 aliphatic heterocycles. The molecule has 1 amide bonds. The highest BCUT2D eigenvalue weighted by Crippen LogP contribution is 2.18. The number of hydrogen-bond donors (Lipinski definition) is 2. The van der Waals surface area contributed by atoms with E-state index in [2.05, 4.69) is 22.2 Å². The first-order chi connectivity index (χ1) is 10.7. The molecular formula is C16H18N4O2. The SMILES string of the molecule is C=CCNCC(=O)Nc1ccc2nc3n(c(=O)c2c1)CCC3. The van der Waals surface area contributed by atoms with Crippen molar-refractivity contribution in [3.8, 4) is 0 Å². The fourth-order valence-electron chi connectivity index (χ4n) is 2.65. The van der Waals surface area contributed by atoms with Crippen molar-refractivity contribution in [3.05, 3.63) is 47.0 Å². The largest absolute Gasteiger partial charge is 0.325 e. The van der Waals surface area contributed by atoms with Crippen molar-refractivity contribution in [1.82, 2.24) is 14.9 Å². The van der Waals surface area contributed by atoms with E-state index in [4.69, 9.17) is 0 Å². The molecule has 0 fully saturated rings. The van der Waals surface area contributed by atoms with Crippen LogP contribution in [0.5, 0.6) is 0 Å². The van der Waals surface area contributed by atoms with Gasteiger partial charge in [-0.25, -0.2) is 4.98 Å². The van der Waals surface area contributed by atoms with Gasteiger partial charge in [0.2, 0.25) is 5.91 Å². The number of benzene rings is 1. The third kappa shape index (κ3) is 2.78. The minimum Gasteiger partial charge on any atom is -0.325 e. The van der Waals surface area contributed by atoms with Gasteiger partial charge < -0.3 is 10.6 Å². The zero-order chi connectivity index (χ0) is 15.5. The van der Waals surface area contributed by atoms with Gasteiger partial charge in [0.05, 0.1) is 17.4 Å². The minimum absolute atomic E-state index is 0.0293. The third-order valence-electron chi connectivity index (χ3n) is 3.67. The molecule has 0 saturated heterocycles. The number of aromatic nitrogens is 2. The number of carbonyl (C=O) groups excluding carboxylic acids is 1. The van der Waals surface area contributed by atoms with Crippen molar-refractivity contribution < 1.29 is 4.79 Å². The van der Waals surface area contributed by atoms with Gasteiger partial charge >= 0.3 is 0 Å². The summed E-state index contributed by atoms with van der Waals surface area (Å²) in [6, 6.07) is 5.25. The highest BCUT2D eigenvalue weighted by atomic mass is 16.2. The molecule has 0 unspecified atom stereocenters. The number of nitrogens with zero attached hydrogens (tertiary/aromatic N) is 2. The molecule has 22 heavy (non-hydrogen) atoms. The fourth-order valence-corrected chi connectivity index (χ4v) is 2.65. The highest BCUT2D eigenvalue weighted by molar-refractivity contribution is 5.94. The molecule has 0 spiro atoms. The van der Waals surface area contributed by atoms with Crippen molar-refractivity contribution >= 4 is 22.5 Å². The molecular weight excluding hydrogens is 280 g/mol. The van der Waals surface area contributed by atoms with Gasteiger partial charge in [-0.3, -0.25) is 14.2 Å². The summed E-state index contributed by atoms with van der Waals surface area (Å²) in [5.74, 6) is 0.693. The zero-order valence-corrected chi connectivity index (χ0v) is 12.3. The van der Waals surface area contributed by atoms with Gasteiger partial charge in [-0.2, -0.15) is 0 Å². The average molecular weight is 298 g/mol. The minimum atomic E-state index is -0.157. The number of fused-ring (bicyclic) bond motifs is 2. The monoisotopic (exact) mass is 298 g/mol. The molecule has 6 heteroatoms. The quantitative estimate of drug-likeness (QED) is 0.639. The van der Waals surface area contributed by atoms with Crippen molar-refractivity contribution in [2.45, 2.75) is 19.4 Å². The Morgan fingerprint density at radius 1 is 1.45 bits per heavy atom. The lowest BCUT2D eigenvalue weighted by Gasteiger charge is -2.08. The number of rotatable bonds is 5.